The predicted molar refractivity (Wildman–Crippen MR) is 125 cm³/mol. The summed E-state index contributed by atoms with van der Waals surface area (Å²) in [7, 11) is -1.90. The predicted octanol–water partition coefficient (Wildman–Crippen LogP) is 2.25. The Morgan fingerprint density at radius 3 is 1.43 bits per heavy atom. The Hall–Kier alpha value is -2.91. The van der Waals surface area contributed by atoms with Crippen molar-refractivity contribution in [1.82, 2.24) is 0 Å². The molecule has 4 aromatic rings. The smallest absolute Gasteiger partial charge is 0.116 e. The summed E-state index contributed by atoms with van der Waals surface area (Å²) in [6, 6.07) is 43.5. The summed E-state index contributed by atoms with van der Waals surface area (Å²) in [6.07, 6.45) is 1.38. The van der Waals surface area contributed by atoms with E-state index >= 15 is 0 Å². The molecule has 0 spiro atoms. The van der Waals surface area contributed by atoms with Gasteiger partial charge >= 0.3 is 0 Å². The molecule has 0 atom stereocenters. The molecule has 1 nitrogen and oxygen atoms in total. The third-order valence-corrected chi connectivity index (χ3v) is 9.66. The highest BCUT2D eigenvalue weighted by atomic mass is 35.5. The lowest BCUT2D eigenvalue weighted by atomic mass is 10.1. The maximum atomic E-state index is 9.13. The molecule has 30 heavy (non-hydrogen) atoms. The van der Waals surface area contributed by atoms with Gasteiger partial charge in [0.1, 0.15) is 23.2 Å². The fraction of sp³-hybridized carbons (Fsp3) is 0.0741. The Morgan fingerprint density at radius 2 is 1.00 bits per heavy atom. The summed E-state index contributed by atoms with van der Waals surface area (Å²) in [5, 5.41) is 13.3. The molecule has 0 aliphatic rings. The first-order chi connectivity index (χ1) is 14.3. The van der Waals surface area contributed by atoms with E-state index in [9.17, 15) is 0 Å². The average molecular weight is 428 g/mol. The average Bonchev–Trinajstić information content (AvgIpc) is 2.80. The fourth-order valence-corrected chi connectivity index (χ4v) is 8.20. The van der Waals surface area contributed by atoms with Crippen LogP contribution in [0, 0.1) is 11.3 Å². The lowest BCUT2D eigenvalue weighted by molar-refractivity contribution is -0.00000593. The zero-order valence-corrected chi connectivity index (χ0v) is 18.3. The molecular weight excluding hydrogens is 405 g/mol. The van der Waals surface area contributed by atoms with Crippen LogP contribution in [0.2, 0.25) is 0 Å². The van der Waals surface area contributed by atoms with Gasteiger partial charge in [0.05, 0.1) is 18.7 Å². The van der Waals surface area contributed by atoms with Crippen molar-refractivity contribution in [1.29, 1.82) is 5.26 Å². The van der Waals surface area contributed by atoms with Crippen LogP contribution < -0.4 is 28.3 Å². The monoisotopic (exact) mass is 427 g/mol. The molecule has 0 saturated carbocycles. The highest BCUT2D eigenvalue weighted by molar-refractivity contribution is 7.95. The molecule has 4 aromatic carbocycles. The van der Waals surface area contributed by atoms with Gasteiger partial charge < -0.3 is 12.4 Å². The van der Waals surface area contributed by atoms with Gasteiger partial charge in [-0.25, -0.2) is 0 Å². The van der Waals surface area contributed by atoms with Gasteiger partial charge in [0.2, 0.25) is 0 Å². The maximum absolute atomic E-state index is 9.13. The summed E-state index contributed by atoms with van der Waals surface area (Å²) < 4.78 is 0. The molecule has 0 bridgehead atoms. The molecular formula is C27H23ClNP. The Balaban J connectivity index is 0.00000256. The van der Waals surface area contributed by atoms with Gasteiger partial charge in [-0.2, -0.15) is 5.26 Å². The van der Waals surface area contributed by atoms with Crippen LogP contribution in [0.3, 0.4) is 0 Å². The number of hydrogen-bond donors (Lipinski definition) is 0. The van der Waals surface area contributed by atoms with Gasteiger partial charge in [0.25, 0.3) is 0 Å². The van der Waals surface area contributed by atoms with E-state index in [1.165, 1.54) is 21.5 Å². The molecule has 0 aliphatic carbocycles. The first kappa shape index (κ1) is 21.8. The quantitative estimate of drug-likeness (QED) is 0.433. The van der Waals surface area contributed by atoms with E-state index < -0.39 is 7.26 Å². The van der Waals surface area contributed by atoms with Gasteiger partial charge in [0, 0.05) is 0 Å². The molecule has 0 aromatic heterocycles. The van der Waals surface area contributed by atoms with Gasteiger partial charge in [-0.05, 0) is 47.5 Å². The van der Waals surface area contributed by atoms with Crippen LogP contribution in [0.4, 0.5) is 0 Å². The highest BCUT2D eigenvalue weighted by Gasteiger charge is 2.45. The molecule has 3 heteroatoms. The van der Waals surface area contributed by atoms with Crippen LogP contribution >= 0.6 is 7.26 Å². The molecule has 0 unspecified atom stereocenters. The number of halogens is 1. The van der Waals surface area contributed by atoms with E-state index in [4.69, 9.17) is 5.26 Å². The zero-order chi connectivity index (χ0) is 19.9. The van der Waals surface area contributed by atoms with Crippen molar-refractivity contribution in [3.63, 3.8) is 0 Å². The van der Waals surface area contributed by atoms with Crippen LogP contribution in [-0.2, 0) is 12.6 Å². The largest absolute Gasteiger partial charge is 1.00 e. The molecule has 0 aliphatic heterocycles. The Kier molecular flexibility index (Phi) is 7.42. The third kappa shape index (κ3) is 4.47. The zero-order valence-electron chi connectivity index (χ0n) is 16.7. The molecule has 0 heterocycles. The summed E-state index contributed by atoms with van der Waals surface area (Å²) >= 11 is 0. The first-order valence-electron chi connectivity index (χ1n) is 9.82. The van der Waals surface area contributed by atoms with E-state index in [0.29, 0.717) is 6.42 Å². The Morgan fingerprint density at radius 1 is 0.567 bits per heavy atom. The van der Waals surface area contributed by atoms with Gasteiger partial charge in [-0.3, -0.25) is 0 Å². The van der Waals surface area contributed by atoms with Crippen LogP contribution in [0.15, 0.2) is 115 Å². The first-order valence-corrected chi connectivity index (χ1v) is 11.8. The second-order valence-corrected chi connectivity index (χ2v) is 10.6. The Labute approximate surface area is 185 Å². The molecule has 4 rings (SSSR count). The van der Waals surface area contributed by atoms with Crippen LogP contribution in [0.25, 0.3) is 0 Å². The number of hydrogen-bond acceptors (Lipinski definition) is 1. The van der Waals surface area contributed by atoms with E-state index in [2.05, 4.69) is 115 Å². The van der Waals surface area contributed by atoms with Crippen molar-refractivity contribution in [3.05, 3.63) is 126 Å². The lowest BCUT2D eigenvalue weighted by Gasteiger charge is -2.28. The van der Waals surface area contributed by atoms with Gasteiger partial charge in [-0.1, -0.05) is 78.9 Å². The van der Waals surface area contributed by atoms with E-state index in [1.54, 1.807) is 0 Å². The van der Waals surface area contributed by atoms with Crippen molar-refractivity contribution in [2.24, 2.45) is 0 Å². The minimum absolute atomic E-state index is 0. The molecule has 148 valence electrons. The molecule has 0 fully saturated rings. The number of nitrogens with zero attached hydrogens (tertiary/aromatic N) is 1. The van der Waals surface area contributed by atoms with Crippen molar-refractivity contribution < 1.29 is 12.4 Å². The van der Waals surface area contributed by atoms with Crippen molar-refractivity contribution in [3.8, 4) is 6.07 Å². The second kappa shape index (κ2) is 10.2. The number of rotatable bonds is 6. The van der Waals surface area contributed by atoms with E-state index in [1.807, 2.05) is 6.07 Å². The SMILES string of the molecule is N#CCc1cccc(C[P+](c2ccccc2)(c2ccccc2)c2ccccc2)c1.[Cl-]. The second-order valence-electron chi connectivity index (χ2n) is 7.13. The lowest BCUT2D eigenvalue weighted by Crippen LogP contribution is -3.00. The number of benzene rings is 4. The van der Waals surface area contributed by atoms with Gasteiger partial charge in [-0.15, -0.1) is 0 Å². The van der Waals surface area contributed by atoms with Crippen molar-refractivity contribution in [2.75, 3.05) is 0 Å². The third-order valence-electron chi connectivity index (χ3n) is 5.29. The number of nitriles is 1. The highest BCUT2D eigenvalue weighted by Crippen LogP contribution is 2.58. The van der Waals surface area contributed by atoms with Crippen LogP contribution in [-0.4, -0.2) is 0 Å². The van der Waals surface area contributed by atoms with Crippen molar-refractivity contribution in [2.45, 2.75) is 12.6 Å². The van der Waals surface area contributed by atoms with Crippen LogP contribution in [0.5, 0.6) is 0 Å². The van der Waals surface area contributed by atoms with E-state index in [-0.39, 0.29) is 12.4 Å². The van der Waals surface area contributed by atoms with Crippen molar-refractivity contribution >= 4 is 23.2 Å². The molecule has 0 saturated heterocycles. The Bertz CT molecular complexity index is 1010. The summed E-state index contributed by atoms with van der Waals surface area (Å²) in [6.45, 7) is 0. The summed E-state index contributed by atoms with van der Waals surface area (Å²) in [5.41, 5.74) is 2.36. The summed E-state index contributed by atoms with van der Waals surface area (Å²) in [4.78, 5) is 0. The fourth-order valence-electron chi connectivity index (χ4n) is 3.97. The standard InChI is InChI=1S/C27H23NP.ClH/c28-20-19-23-11-10-12-24(21-23)22-29(25-13-4-1-5-14-25,26-15-6-2-7-16-26)27-17-8-3-9-18-27;/h1-18,21H,19,22H2;1H/q+1;/p-1. The maximum Gasteiger partial charge on any atom is 0.116 e. The summed E-state index contributed by atoms with van der Waals surface area (Å²) in [5.74, 6) is 0. The minimum Gasteiger partial charge on any atom is -1.00 e. The minimum atomic E-state index is -1.90. The molecule has 0 N–H and O–H groups in total. The molecule has 0 radical (unpaired) electrons. The van der Waals surface area contributed by atoms with E-state index in [0.717, 1.165) is 11.7 Å². The van der Waals surface area contributed by atoms with Crippen LogP contribution in [0.1, 0.15) is 11.1 Å². The van der Waals surface area contributed by atoms with Gasteiger partial charge in [0.15, 0.2) is 0 Å². The normalized spacial score (nSPS) is 10.6. The molecule has 0 amide bonds. The topological polar surface area (TPSA) is 23.8 Å².